The van der Waals surface area contributed by atoms with Crippen molar-refractivity contribution < 1.29 is 0 Å². The first-order valence-electron chi connectivity index (χ1n) is 9.34. The van der Waals surface area contributed by atoms with Gasteiger partial charge in [-0.3, -0.25) is 4.90 Å². The molecule has 2 N–H and O–H groups in total. The number of piperidine rings is 2. The zero-order valence-corrected chi connectivity index (χ0v) is 14.2. The third kappa shape index (κ3) is 3.16. The van der Waals surface area contributed by atoms with Gasteiger partial charge in [0.2, 0.25) is 0 Å². The van der Waals surface area contributed by atoms with Crippen molar-refractivity contribution in [2.24, 2.45) is 17.6 Å². The second-order valence-corrected chi connectivity index (χ2v) is 8.10. The van der Waals surface area contributed by atoms with E-state index in [0.717, 1.165) is 18.4 Å². The molecule has 3 rings (SSSR count). The molecule has 3 fully saturated rings. The van der Waals surface area contributed by atoms with Gasteiger partial charge in [0.1, 0.15) is 0 Å². The lowest BCUT2D eigenvalue weighted by atomic mass is 9.73. The van der Waals surface area contributed by atoms with Crippen LogP contribution in [-0.4, -0.2) is 54.1 Å². The summed E-state index contributed by atoms with van der Waals surface area (Å²) in [7, 11) is 0. The van der Waals surface area contributed by atoms with E-state index in [2.05, 4.69) is 23.6 Å². The van der Waals surface area contributed by atoms with E-state index in [4.69, 9.17) is 5.73 Å². The first kappa shape index (κ1) is 15.8. The van der Waals surface area contributed by atoms with Gasteiger partial charge in [-0.05, 0) is 57.9 Å². The molecule has 21 heavy (non-hydrogen) atoms. The molecule has 1 saturated carbocycles. The van der Waals surface area contributed by atoms with Crippen LogP contribution in [0.2, 0.25) is 0 Å². The lowest BCUT2D eigenvalue weighted by molar-refractivity contribution is -0.0299. The Hall–Kier alpha value is -0.120. The van der Waals surface area contributed by atoms with Gasteiger partial charge in [-0.1, -0.05) is 19.3 Å². The Morgan fingerprint density at radius 2 is 1.67 bits per heavy atom. The van der Waals surface area contributed by atoms with Crippen LogP contribution in [0.1, 0.15) is 58.8 Å². The van der Waals surface area contributed by atoms with Crippen molar-refractivity contribution >= 4 is 0 Å². The number of fused-ring (bicyclic) bond motifs is 1. The van der Waals surface area contributed by atoms with Crippen LogP contribution in [0.25, 0.3) is 0 Å². The number of nitrogens with zero attached hydrogens (tertiary/aromatic N) is 2. The normalized spacial score (nSPS) is 34.9. The van der Waals surface area contributed by atoms with Gasteiger partial charge in [-0.25, -0.2) is 0 Å². The van der Waals surface area contributed by atoms with E-state index < -0.39 is 0 Å². The predicted octanol–water partition coefficient (Wildman–Crippen LogP) is 2.70. The SMILES string of the molecule is CC(C)N1CCC(CN)(N2CCC3CCCCC3C2)CC1. The molecule has 0 aromatic carbocycles. The second kappa shape index (κ2) is 6.55. The summed E-state index contributed by atoms with van der Waals surface area (Å²) in [6.07, 6.45) is 9.89. The molecule has 3 nitrogen and oxygen atoms in total. The molecule has 2 unspecified atom stereocenters. The van der Waals surface area contributed by atoms with Crippen molar-refractivity contribution in [3.63, 3.8) is 0 Å². The minimum absolute atomic E-state index is 0.313. The van der Waals surface area contributed by atoms with E-state index in [1.807, 2.05) is 0 Å². The summed E-state index contributed by atoms with van der Waals surface area (Å²) in [6.45, 7) is 10.6. The van der Waals surface area contributed by atoms with Crippen molar-refractivity contribution in [1.29, 1.82) is 0 Å². The van der Waals surface area contributed by atoms with Crippen LogP contribution in [0.15, 0.2) is 0 Å². The van der Waals surface area contributed by atoms with Gasteiger partial charge < -0.3 is 10.6 Å². The summed E-state index contributed by atoms with van der Waals surface area (Å²) in [6, 6.07) is 0.685. The molecule has 0 radical (unpaired) electrons. The summed E-state index contributed by atoms with van der Waals surface area (Å²) in [4.78, 5) is 5.44. The van der Waals surface area contributed by atoms with Crippen molar-refractivity contribution in [3.05, 3.63) is 0 Å². The van der Waals surface area contributed by atoms with Crippen LogP contribution in [0.4, 0.5) is 0 Å². The topological polar surface area (TPSA) is 32.5 Å². The molecule has 2 aliphatic heterocycles. The Kier molecular flexibility index (Phi) is 4.92. The maximum Gasteiger partial charge on any atom is 0.0356 e. The van der Waals surface area contributed by atoms with Gasteiger partial charge in [0, 0.05) is 37.8 Å². The minimum Gasteiger partial charge on any atom is -0.329 e. The summed E-state index contributed by atoms with van der Waals surface area (Å²) in [5.74, 6) is 2.00. The van der Waals surface area contributed by atoms with Crippen LogP contribution < -0.4 is 5.73 Å². The zero-order chi connectivity index (χ0) is 14.9. The number of likely N-dealkylation sites (tertiary alicyclic amines) is 2. The van der Waals surface area contributed by atoms with Crippen molar-refractivity contribution in [3.8, 4) is 0 Å². The van der Waals surface area contributed by atoms with Crippen molar-refractivity contribution in [1.82, 2.24) is 9.80 Å². The third-order valence-electron chi connectivity index (χ3n) is 6.80. The highest BCUT2D eigenvalue weighted by molar-refractivity contribution is 4.99. The van der Waals surface area contributed by atoms with Gasteiger partial charge in [0.15, 0.2) is 0 Å². The standard InChI is InChI=1S/C18H35N3/c1-15(2)20-11-8-18(14-19,9-12-20)21-10-7-16-5-3-4-6-17(16)13-21/h15-17H,3-14,19H2,1-2H3. The molecule has 3 aliphatic rings. The molecule has 0 spiro atoms. The van der Waals surface area contributed by atoms with Gasteiger partial charge in [-0.15, -0.1) is 0 Å². The summed E-state index contributed by atoms with van der Waals surface area (Å²) < 4.78 is 0. The molecule has 0 amide bonds. The molecule has 3 heteroatoms. The molecular formula is C18H35N3. The summed E-state index contributed by atoms with van der Waals surface area (Å²) in [5, 5.41) is 0. The third-order valence-corrected chi connectivity index (χ3v) is 6.80. The first-order valence-corrected chi connectivity index (χ1v) is 9.34. The molecule has 0 aromatic heterocycles. The average molecular weight is 293 g/mol. The molecule has 1 aliphatic carbocycles. The Bertz CT molecular complexity index is 333. The largest absolute Gasteiger partial charge is 0.329 e. The van der Waals surface area contributed by atoms with Gasteiger partial charge >= 0.3 is 0 Å². The maximum absolute atomic E-state index is 6.30. The highest BCUT2D eigenvalue weighted by Gasteiger charge is 2.43. The number of hydrogen-bond donors (Lipinski definition) is 1. The average Bonchev–Trinajstić information content (AvgIpc) is 2.54. The van der Waals surface area contributed by atoms with E-state index in [1.165, 1.54) is 71.1 Å². The fourth-order valence-electron chi connectivity index (χ4n) is 5.14. The molecule has 2 heterocycles. The number of rotatable bonds is 3. The molecule has 2 atom stereocenters. The molecular weight excluding hydrogens is 258 g/mol. The summed E-state index contributed by atoms with van der Waals surface area (Å²) >= 11 is 0. The van der Waals surface area contributed by atoms with Crippen LogP contribution in [0.3, 0.4) is 0 Å². The molecule has 0 bridgehead atoms. The van der Waals surface area contributed by atoms with E-state index >= 15 is 0 Å². The van der Waals surface area contributed by atoms with Crippen LogP contribution in [0, 0.1) is 11.8 Å². The van der Waals surface area contributed by atoms with E-state index in [1.54, 1.807) is 0 Å². The van der Waals surface area contributed by atoms with Gasteiger partial charge in [0.05, 0.1) is 0 Å². The monoisotopic (exact) mass is 293 g/mol. The number of nitrogens with two attached hydrogens (primary N) is 1. The van der Waals surface area contributed by atoms with Crippen molar-refractivity contribution in [2.45, 2.75) is 70.4 Å². The highest BCUT2D eigenvalue weighted by Crippen LogP contribution is 2.40. The van der Waals surface area contributed by atoms with Crippen LogP contribution >= 0.6 is 0 Å². The Labute approximate surface area is 131 Å². The zero-order valence-electron chi connectivity index (χ0n) is 14.2. The Morgan fingerprint density at radius 3 is 2.29 bits per heavy atom. The lowest BCUT2D eigenvalue weighted by Gasteiger charge is -2.53. The van der Waals surface area contributed by atoms with E-state index in [9.17, 15) is 0 Å². The minimum atomic E-state index is 0.313. The fraction of sp³-hybridized carbons (Fsp3) is 1.00. The van der Waals surface area contributed by atoms with E-state index in [0.29, 0.717) is 11.6 Å². The van der Waals surface area contributed by atoms with Gasteiger partial charge in [-0.2, -0.15) is 0 Å². The summed E-state index contributed by atoms with van der Waals surface area (Å²) in [5.41, 5.74) is 6.61. The van der Waals surface area contributed by atoms with Gasteiger partial charge in [0.25, 0.3) is 0 Å². The first-order chi connectivity index (χ1) is 10.1. The van der Waals surface area contributed by atoms with Crippen LogP contribution in [0.5, 0.6) is 0 Å². The Morgan fingerprint density at radius 1 is 1.00 bits per heavy atom. The molecule has 0 aromatic rings. The molecule has 122 valence electrons. The Balaban J connectivity index is 1.64. The maximum atomic E-state index is 6.30. The fourth-order valence-corrected chi connectivity index (χ4v) is 5.14. The van der Waals surface area contributed by atoms with E-state index in [-0.39, 0.29) is 0 Å². The quantitative estimate of drug-likeness (QED) is 0.868. The predicted molar refractivity (Wildman–Crippen MR) is 89.4 cm³/mol. The molecule has 2 saturated heterocycles. The smallest absolute Gasteiger partial charge is 0.0356 e. The highest BCUT2D eigenvalue weighted by atomic mass is 15.3. The second-order valence-electron chi connectivity index (χ2n) is 8.10. The lowest BCUT2D eigenvalue weighted by Crippen LogP contribution is -2.62. The van der Waals surface area contributed by atoms with Crippen LogP contribution in [-0.2, 0) is 0 Å². The van der Waals surface area contributed by atoms with Crippen molar-refractivity contribution in [2.75, 3.05) is 32.7 Å². The number of hydrogen-bond acceptors (Lipinski definition) is 3.